The Balaban J connectivity index is 1.29. The van der Waals surface area contributed by atoms with Gasteiger partial charge in [-0.25, -0.2) is 23.5 Å². The van der Waals surface area contributed by atoms with E-state index in [2.05, 4.69) is 15.3 Å². The Hall–Kier alpha value is -3.63. The molecule has 35 heavy (non-hydrogen) atoms. The Morgan fingerprint density at radius 3 is 2.57 bits per heavy atom. The second kappa shape index (κ2) is 9.55. The van der Waals surface area contributed by atoms with Crippen LogP contribution in [0.4, 0.5) is 19.5 Å². The molecule has 1 aromatic carbocycles. The topological polar surface area (TPSA) is 98.7 Å². The third-order valence-electron chi connectivity index (χ3n) is 6.99. The smallest absolute Gasteiger partial charge is 0.324 e. The molecule has 5 rings (SSSR count). The number of benzene rings is 1. The van der Waals surface area contributed by atoms with Crippen LogP contribution in [0, 0.1) is 11.7 Å². The Kier molecular flexibility index (Phi) is 6.31. The number of amides is 4. The van der Waals surface area contributed by atoms with E-state index >= 15 is 0 Å². The number of carbonyl (C=O) groups excluding carboxylic acids is 3. The average Bonchev–Trinajstić information content (AvgIpc) is 2.87. The van der Waals surface area contributed by atoms with Crippen LogP contribution in [-0.2, 0) is 11.3 Å². The molecular formula is C24H26F2N6O3. The van der Waals surface area contributed by atoms with Gasteiger partial charge in [-0.05, 0) is 43.0 Å². The van der Waals surface area contributed by atoms with Crippen LogP contribution >= 0.6 is 0 Å². The maximum Gasteiger partial charge on any atom is 0.324 e. The van der Waals surface area contributed by atoms with Gasteiger partial charge in [0, 0.05) is 51.2 Å². The lowest BCUT2D eigenvalue weighted by Crippen LogP contribution is -2.63. The van der Waals surface area contributed by atoms with E-state index in [1.54, 1.807) is 23.4 Å². The van der Waals surface area contributed by atoms with Gasteiger partial charge in [0.25, 0.3) is 5.91 Å². The van der Waals surface area contributed by atoms with Crippen LogP contribution in [-0.4, -0.2) is 76.0 Å². The first kappa shape index (κ1) is 23.1. The van der Waals surface area contributed by atoms with Crippen molar-refractivity contribution in [2.75, 3.05) is 31.1 Å². The Morgan fingerprint density at radius 1 is 1.09 bits per heavy atom. The molecule has 1 saturated carbocycles. The zero-order chi connectivity index (χ0) is 24.5. The third-order valence-corrected chi connectivity index (χ3v) is 6.99. The minimum atomic E-state index is -1.31. The third kappa shape index (κ3) is 4.54. The van der Waals surface area contributed by atoms with Crippen LogP contribution in [0.2, 0.25) is 0 Å². The average molecular weight is 485 g/mol. The van der Waals surface area contributed by atoms with E-state index in [-0.39, 0.29) is 18.5 Å². The standard InChI is InChI=1S/C24H26F2N6O3/c25-17-6-5-15(14-32-19-4-1-3-18(26)20(19)21(33)29-24(32)35)13-16(17)22(34)30-9-11-31(12-10-30)23-27-7-2-8-28-23/h2,5-8,13,18-20H,1,3-4,9-12,14H2,(H,29,33,35). The quantitative estimate of drug-likeness (QED) is 0.714. The molecule has 3 fully saturated rings. The molecule has 0 spiro atoms. The van der Waals surface area contributed by atoms with Gasteiger partial charge in [-0.1, -0.05) is 6.07 Å². The summed E-state index contributed by atoms with van der Waals surface area (Å²) in [6, 6.07) is 4.73. The number of halogens is 2. The highest BCUT2D eigenvalue weighted by Crippen LogP contribution is 2.34. The second-order valence-corrected chi connectivity index (χ2v) is 9.10. The molecule has 0 radical (unpaired) electrons. The largest absolute Gasteiger partial charge is 0.337 e. The molecule has 2 aliphatic heterocycles. The number of hydrogen-bond donors (Lipinski definition) is 1. The molecule has 1 N–H and O–H groups in total. The fourth-order valence-corrected chi connectivity index (χ4v) is 5.18. The first-order chi connectivity index (χ1) is 16.9. The molecule has 1 aliphatic carbocycles. The van der Waals surface area contributed by atoms with Crippen molar-refractivity contribution in [3.63, 3.8) is 0 Å². The minimum absolute atomic E-state index is 0.0483. The van der Waals surface area contributed by atoms with Crippen molar-refractivity contribution < 1.29 is 23.2 Å². The van der Waals surface area contributed by atoms with Gasteiger partial charge in [0.15, 0.2) is 0 Å². The van der Waals surface area contributed by atoms with Crippen LogP contribution in [0.3, 0.4) is 0 Å². The summed E-state index contributed by atoms with van der Waals surface area (Å²) in [5, 5.41) is 2.24. The Morgan fingerprint density at radius 2 is 1.83 bits per heavy atom. The predicted molar refractivity (Wildman–Crippen MR) is 122 cm³/mol. The summed E-state index contributed by atoms with van der Waals surface area (Å²) >= 11 is 0. The van der Waals surface area contributed by atoms with Crippen molar-refractivity contribution in [1.29, 1.82) is 0 Å². The van der Waals surface area contributed by atoms with Gasteiger partial charge < -0.3 is 14.7 Å². The number of rotatable bonds is 4. The summed E-state index contributed by atoms with van der Waals surface area (Å²) < 4.78 is 29.1. The zero-order valence-electron chi connectivity index (χ0n) is 19.1. The van der Waals surface area contributed by atoms with Crippen molar-refractivity contribution in [2.45, 2.75) is 38.0 Å². The van der Waals surface area contributed by atoms with E-state index in [9.17, 15) is 23.2 Å². The van der Waals surface area contributed by atoms with Gasteiger partial charge in [0.05, 0.1) is 11.5 Å². The van der Waals surface area contributed by atoms with Crippen LogP contribution in [0.15, 0.2) is 36.7 Å². The molecule has 9 nitrogen and oxygen atoms in total. The summed E-state index contributed by atoms with van der Waals surface area (Å²) in [6.07, 6.45) is 3.38. The Labute approximate surface area is 201 Å². The molecule has 2 saturated heterocycles. The maximum absolute atomic E-state index is 14.7. The molecule has 184 valence electrons. The normalized spacial score (nSPS) is 24.7. The van der Waals surface area contributed by atoms with Gasteiger partial charge in [0.1, 0.15) is 12.0 Å². The van der Waals surface area contributed by atoms with Crippen molar-refractivity contribution in [2.24, 2.45) is 5.92 Å². The zero-order valence-corrected chi connectivity index (χ0v) is 19.1. The fourth-order valence-electron chi connectivity index (χ4n) is 5.18. The molecule has 3 aliphatic rings. The van der Waals surface area contributed by atoms with Crippen LogP contribution < -0.4 is 10.2 Å². The van der Waals surface area contributed by atoms with E-state index in [1.807, 2.05) is 4.90 Å². The molecule has 3 heterocycles. The fraction of sp³-hybridized carbons (Fsp3) is 0.458. The number of nitrogens with one attached hydrogen (secondary N) is 1. The number of carbonyl (C=O) groups is 3. The number of piperazine rings is 1. The molecule has 1 aromatic heterocycles. The first-order valence-electron chi connectivity index (χ1n) is 11.8. The minimum Gasteiger partial charge on any atom is -0.337 e. The molecule has 0 bridgehead atoms. The van der Waals surface area contributed by atoms with E-state index in [4.69, 9.17) is 0 Å². The highest BCUT2D eigenvalue weighted by Gasteiger charge is 2.47. The summed E-state index contributed by atoms with van der Waals surface area (Å²) in [5.74, 6) is -1.99. The lowest BCUT2D eigenvalue weighted by Gasteiger charge is -2.44. The summed E-state index contributed by atoms with van der Waals surface area (Å²) in [6.45, 7) is 1.86. The van der Waals surface area contributed by atoms with Crippen molar-refractivity contribution in [1.82, 2.24) is 25.1 Å². The summed E-state index contributed by atoms with van der Waals surface area (Å²) in [5.41, 5.74) is 0.458. The molecule has 3 atom stereocenters. The number of alkyl halides is 1. The van der Waals surface area contributed by atoms with Crippen LogP contribution in [0.5, 0.6) is 0 Å². The van der Waals surface area contributed by atoms with E-state index < -0.39 is 41.8 Å². The summed E-state index contributed by atoms with van der Waals surface area (Å²) in [7, 11) is 0. The van der Waals surface area contributed by atoms with Gasteiger partial charge in [0.2, 0.25) is 11.9 Å². The van der Waals surface area contributed by atoms with Gasteiger partial charge in [-0.3, -0.25) is 14.9 Å². The van der Waals surface area contributed by atoms with Gasteiger partial charge in [-0.15, -0.1) is 0 Å². The highest BCUT2D eigenvalue weighted by atomic mass is 19.1. The number of imide groups is 1. The van der Waals surface area contributed by atoms with E-state index in [1.165, 1.54) is 23.1 Å². The number of nitrogens with zero attached hydrogens (tertiary/aromatic N) is 5. The molecule has 4 amide bonds. The maximum atomic E-state index is 14.7. The predicted octanol–water partition coefficient (Wildman–Crippen LogP) is 2.14. The summed E-state index contributed by atoms with van der Waals surface area (Å²) in [4.78, 5) is 51.3. The van der Waals surface area contributed by atoms with Crippen LogP contribution in [0.25, 0.3) is 0 Å². The Bertz CT molecular complexity index is 1130. The van der Waals surface area contributed by atoms with Crippen LogP contribution in [0.1, 0.15) is 35.2 Å². The molecule has 3 unspecified atom stereocenters. The van der Waals surface area contributed by atoms with Crippen molar-refractivity contribution >= 4 is 23.8 Å². The lowest BCUT2D eigenvalue weighted by molar-refractivity contribution is -0.133. The number of fused-ring (bicyclic) bond motifs is 1. The monoisotopic (exact) mass is 484 g/mol. The van der Waals surface area contributed by atoms with E-state index in [0.717, 1.165) is 0 Å². The molecule has 2 aromatic rings. The molecule has 11 heteroatoms. The van der Waals surface area contributed by atoms with Gasteiger partial charge in [-0.2, -0.15) is 0 Å². The number of urea groups is 1. The van der Waals surface area contributed by atoms with Crippen molar-refractivity contribution in [3.8, 4) is 0 Å². The number of hydrogen-bond acceptors (Lipinski definition) is 6. The number of aromatic nitrogens is 2. The highest BCUT2D eigenvalue weighted by molar-refractivity contribution is 5.99. The van der Waals surface area contributed by atoms with Crippen molar-refractivity contribution in [3.05, 3.63) is 53.6 Å². The van der Waals surface area contributed by atoms with E-state index in [0.29, 0.717) is 50.5 Å². The first-order valence-corrected chi connectivity index (χ1v) is 11.8. The lowest BCUT2D eigenvalue weighted by atomic mass is 9.80. The van der Waals surface area contributed by atoms with Gasteiger partial charge >= 0.3 is 6.03 Å². The SMILES string of the molecule is O=C1NC(=O)N(Cc2ccc(F)c(C(=O)N3CCN(c4ncccn4)CC3)c2)C2CCCC(F)C12. The molecular weight excluding hydrogens is 458 g/mol. The number of anilines is 1. The second-order valence-electron chi connectivity index (χ2n) is 9.10.